The molecule has 0 unspecified atom stereocenters. The number of hydrogen-bond acceptors (Lipinski definition) is 3. The van der Waals surface area contributed by atoms with Crippen LogP contribution < -0.4 is 16.0 Å². The number of fused-ring (bicyclic) bond motifs is 3. The summed E-state index contributed by atoms with van der Waals surface area (Å²) in [5.74, 6) is 1.18. The number of carbonyl (C=O) groups excluding carboxylic acids is 3. The Morgan fingerprint density at radius 1 is 1.15 bits per heavy atom. The molecule has 2 aliphatic carbocycles. The molecule has 136 valence electrons. The van der Waals surface area contributed by atoms with Crippen LogP contribution in [0.15, 0.2) is 36.4 Å². The third kappa shape index (κ3) is 3.36. The third-order valence-corrected chi connectivity index (χ3v) is 5.69. The Bertz CT molecular complexity index is 773. The second-order valence-corrected chi connectivity index (χ2v) is 7.44. The van der Waals surface area contributed by atoms with Crippen LogP contribution in [0.25, 0.3) is 0 Å². The van der Waals surface area contributed by atoms with Gasteiger partial charge in [0.15, 0.2) is 0 Å². The maximum Gasteiger partial charge on any atom is 0.254 e. The van der Waals surface area contributed by atoms with E-state index in [1.54, 1.807) is 24.3 Å². The quantitative estimate of drug-likeness (QED) is 0.706. The van der Waals surface area contributed by atoms with Crippen molar-refractivity contribution in [2.45, 2.75) is 31.7 Å². The first-order valence-electron chi connectivity index (χ1n) is 9.26. The number of benzene rings is 1. The molecule has 1 saturated carbocycles. The van der Waals surface area contributed by atoms with Gasteiger partial charge >= 0.3 is 0 Å². The van der Waals surface area contributed by atoms with E-state index in [4.69, 9.17) is 0 Å². The Labute approximate surface area is 152 Å². The SMILES string of the molecule is O=C(CC[C@H]1NC(=O)c2ccccc2NC1=O)NC[C@@H]1C[C@H]2C=C[C@@H]1C2. The minimum atomic E-state index is -0.703. The van der Waals surface area contributed by atoms with Gasteiger partial charge in [0.2, 0.25) is 11.8 Å². The van der Waals surface area contributed by atoms with Gasteiger partial charge in [-0.15, -0.1) is 0 Å². The maximum atomic E-state index is 12.3. The Balaban J connectivity index is 1.27. The van der Waals surface area contributed by atoms with Crippen molar-refractivity contribution < 1.29 is 14.4 Å². The zero-order valence-electron chi connectivity index (χ0n) is 14.5. The lowest BCUT2D eigenvalue weighted by Gasteiger charge is -2.19. The van der Waals surface area contributed by atoms with Gasteiger partial charge in [-0.1, -0.05) is 24.3 Å². The zero-order valence-corrected chi connectivity index (χ0v) is 14.5. The predicted octanol–water partition coefficient (Wildman–Crippen LogP) is 1.85. The average Bonchev–Trinajstić information content (AvgIpc) is 3.23. The van der Waals surface area contributed by atoms with Gasteiger partial charge in [0.05, 0.1) is 11.3 Å². The molecule has 0 saturated heterocycles. The van der Waals surface area contributed by atoms with Crippen molar-refractivity contribution in [2.75, 3.05) is 11.9 Å². The molecule has 0 aromatic heterocycles. The summed E-state index contributed by atoms with van der Waals surface area (Å²) in [4.78, 5) is 36.8. The Hall–Kier alpha value is -2.63. The number of allylic oxidation sites excluding steroid dienone is 2. The van der Waals surface area contributed by atoms with Crippen LogP contribution >= 0.6 is 0 Å². The van der Waals surface area contributed by atoms with Crippen molar-refractivity contribution in [1.29, 1.82) is 0 Å². The molecule has 26 heavy (non-hydrogen) atoms. The van der Waals surface area contributed by atoms with Gasteiger partial charge in [0.25, 0.3) is 5.91 Å². The first kappa shape index (κ1) is 16.8. The number of hydrogen-bond donors (Lipinski definition) is 3. The van der Waals surface area contributed by atoms with Crippen LogP contribution in [0, 0.1) is 17.8 Å². The minimum absolute atomic E-state index is 0.0689. The van der Waals surface area contributed by atoms with Crippen LogP contribution in [0.4, 0.5) is 5.69 Å². The molecule has 3 N–H and O–H groups in total. The van der Waals surface area contributed by atoms with Crippen LogP contribution in [0.3, 0.4) is 0 Å². The van der Waals surface area contributed by atoms with Crippen LogP contribution in [-0.4, -0.2) is 30.3 Å². The highest BCUT2D eigenvalue weighted by molar-refractivity contribution is 6.09. The second kappa shape index (κ2) is 6.94. The van der Waals surface area contributed by atoms with Gasteiger partial charge in [0, 0.05) is 13.0 Å². The van der Waals surface area contributed by atoms with Gasteiger partial charge in [-0.25, -0.2) is 0 Å². The maximum absolute atomic E-state index is 12.3. The topological polar surface area (TPSA) is 87.3 Å². The molecule has 4 atom stereocenters. The van der Waals surface area contributed by atoms with E-state index < -0.39 is 6.04 Å². The summed E-state index contributed by atoms with van der Waals surface area (Å²) in [6.07, 6.45) is 7.43. The molecular weight excluding hydrogens is 330 g/mol. The normalized spacial score (nSPS) is 28.9. The van der Waals surface area contributed by atoms with E-state index in [9.17, 15) is 14.4 Å². The minimum Gasteiger partial charge on any atom is -0.356 e. The fourth-order valence-corrected chi connectivity index (χ4v) is 4.25. The van der Waals surface area contributed by atoms with Crippen LogP contribution in [0.1, 0.15) is 36.0 Å². The number of nitrogens with one attached hydrogen (secondary N) is 3. The van der Waals surface area contributed by atoms with E-state index in [0.29, 0.717) is 35.5 Å². The number of carbonyl (C=O) groups is 3. The largest absolute Gasteiger partial charge is 0.356 e. The molecule has 0 spiro atoms. The van der Waals surface area contributed by atoms with E-state index in [0.717, 1.165) is 6.42 Å². The lowest BCUT2D eigenvalue weighted by molar-refractivity contribution is -0.122. The summed E-state index contributed by atoms with van der Waals surface area (Å²) >= 11 is 0. The fraction of sp³-hybridized carbons (Fsp3) is 0.450. The molecule has 4 rings (SSSR count). The number of para-hydroxylation sites is 1. The van der Waals surface area contributed by atoms with Crippen molar-refractivity contribution >= 4 is 23.4 Å². The van der Waals surface area contributed by atoms with E-state index in [1.807, 2.05) is 0 Å². The Morgan fingerprint density at radius 2 is 2.00 bits per heavy atom. The van der Waals surface area contributed by atoms with Gasteiger partial charge in [0.1, 0.15) is 6.04 Å². The molecule has 2 bridgehead atoms. The van der Waals surface area contributed by atoms with Crippen LogP contribution in [0.5, 0.6) is 0 Å². The van der Waals surface area contributed by atoms with Crippen LogP contribution in [0.2, 0.25) is 0 Å². The van der Waals surface area contributed by atoms with Crippen molar-refractivity contribution in [1.82, 2.24) is 10.6 Å². The lowest BCUT2D eigenvalue weighted by atomic mass is 9.93. The third-order valence-electron chi connectivity index (χ3n) is 5.69. The lowest BCUT2D eigenvalue weighted by Crippen LogP contribution is -2.42. The smallest absolute Gasteiger partial charge is 0.254 e. The van der Waals surface area contributed by atoms with Crippen LogP contribution in [-0.2, 0) is 9.59 Å². The van der Waals surface area contributed by atoms with E-state index in [2.05, 4.69) is 28.1 Å². The van der Waals surface area contributed by atoms with Crippen molar-refractivity contribution in [3.63, 3.8) is 0 Å². The summed E-state index contributed by atoms with van der Waals surface area (Å²) < 4.78 is 0. The van der Waals surface area contributed by atoms with Crippen molar-refractivity contribution in [3.05, 3.63) is 42.0 Å². The van der Waals surface area contributed by atoms with E-state index in [-0.39, 0.29) is 30.6 Å². The van der Waals surface area contributed by atoms with Crippen molar-refractivity contribution in [3.8, 4) is 0 Å². The molecule has 6 nitrogen and oxygen atoms in total. The number of amides is 3. The highest BCUT2D eigenvalue weighted by Crippen LogP contribution is 2.42. The first-order chi connectivity index (χ1) is 12.6. The average molecular weight is 353 g/mol. The monoisotopic (exact) mass is 353 g/mol. The Morgan fingerprint density at radius 3 is 2.77 bits per heavy atom. The van der Waals surface area contributed by atoms with Gasteiger partial charge in [-0.2, -0.15) is 0 Å². The highest BCUT2D eigenvalue weighted by atomic mass is 16.2. The van der Waals surface area contributed by atoms with Crippen molar-refractivity contribution in [2.24, 2.45) is 17.8 Å². The number of rotatable bonds is 5. The molecule has 1 fully saturated rings. The molecule has 1 heterocycles. The molecule has 1 aliphatic heterocycles. The molecule has 3 amide bonds. The molecule has 1 aromatic rings. The molecule has 6 heteroatoms. The summed E-state index contributed by atoms with van der Waals surface area (Å²) in [5, 5.41) is 8.47. The van der Waals surface area contributed by atoms with Gasteiger partial charge < -0.3 is 16.0 Å². The fourth-order valence-electron chi connectivity index (χ4n) is 4.25. The molecule has 3 aliphatic rings. The van der Waals surface area contributed by atoms with E-state index in [1.165, 1.54) is 6.42 Å². The summed E-state index contributed by atoms with van der Waals surface area (Å²) in [6, 6.07) is 6.19. The Kier molecular flexibility index (Phi) is 4.49. The highest BCUT2D eigenvalue weighted by Gasteiger charge is 2.35. The van der Waals surface area contributed by atoms with Gasteiger partial charge in [-0.3, -0.25) is 14.4 Å². The summed E-state index contributed by atoms with van der Waals surface area (Å²) in [5.41, 5.74) is 0.948. The van der Waals surface area contributed by atoms with E-state index >= 15 is 0 Å². The second-order valence-electron chi connectivity index (χ2n) is 7.44. The molecule has 0 radical (unpaired) electrons. The van der Waals surface area contributed by atoms with Gasteiger partial charge in [-0.05, 0) is 49.1 Å². The predicted molar refractivity (Wildman–Crippen MR) is 97.4 cm³/mol. The summed E-state index contributed by atoms with van der Waals surface area (Å²) in [6.45, 7) is 0.693. The first-order valence-corrected chi connectivity index (χ1v) is 9.26. The zero-order chi connectivity index (χ0) is 18.1. The number of anilines is 1. The molecular formula is C20H23N3O3. The molecule has 1 aromatic carbocycles. The standard InChI is InChI=1S/C20H23N3O3/c24-18(21-11-14-10-12-5-6-13(14)9-12)8-7-17-20(26)22-16-4-2-1-3-15(16)19(25)23-17/h1-6,12-14,17H,7-11H2,(H,21,24)(H,22,26)(H,23,25)/t12-,13+,14-,17+/m0/s1. The summed E-state index contributed by atoms with van der Waals surface area (Å²) in [7, 11) is 0.